The minimum Gasteiger partial charge on any atom is -0.384 e. The lowest BCUT2D eigenvalue weighted by molar-refractivity contribution is 0.0746. The molecule has 0 radical (unpaired) electrons. The van der Waals surface area contributed by atoms with Gasteiger partial charge >= 0.3 is 0 Å². The number of nitrogens with zero attached hydrogens (tertiary/aromatic N) is 1. The molecule has 0 saturated carbocycles. The van der Waals surface area contributed by atoms with Crippen molar-refractivity contribution in [2.75, 3.05) is 0 Å². The smallest absolute Gasteiger partial charge is 0.123 e. The van der Waals surface area contributed by atoms with Crippen LogP contribution in [0.5, 0.6) is 0 Å². The van der Waals surface area contributed by atoms with Crippen molar-refractivity contribution in [3.05, 3.63) is 41.2 Å². The Labute approximate surface area is 97.4 Å². The summed E-state index contributed by atoms with van der Waals surface area (Å²) in [5.41, 5.74) is 0.388. The normalized spacial score (nSPS) is 11.8. The van der Waals surface area contributed by atoms with Gasteiger partial charge in [0, 0.05) is 10.9 Å². The molecule has 0 spiro atoms. The molecule has 1 aromatic carbocycles. The fourth-order valence-electron chi connectivity index (χ4n) is 1.31. The zero-order valence-corrected chi connectivity index (χ0v) is 9.88. The number of hydrogen-bond donors (Lipinski definition) is 1. The lowest BCUT2D eigenvalue weighted by Crippen LogP contribution is -2.15. The predicted octanol–water partition coefficient (Wildman–Crippen LogP) is 3.18. The van der Waals surface area contributed by atoms with Crippen molar-refractivity contribution in [2.45, 2.75) is 19.4 Å². The molecule has 0 aliphatic rings. The summed E-state index contributed by atoms with van der Waals surface area (Å²) >= 11 is 1.40. The monoisotopic (exact) mass is 237 g/mol. The zero-order chi connectivity index (χ0) is 11.8. The first-order valence-corrected chi connectivity index (χ1v) is 5.79. The van der Waals surface area contributed by atoms with Gasteiger partial charge in [0.15, 0.2) is 0 Å². The number of aliphatic hydroxyl groups is 1. The second-order valence-corrected chi connectivity index (χ2v) is 4.97. The van der Waals surface area contributed by atoms with Crippen LogP contribution in [0.2, 0.25) is 0 Å². The summed E-state index contributed by atoms with van der Waals surface area (Å²) in [5, 5.41) is 12.3. The Balaban J connectivity index is 2.39. The minimum atomic E-state index is -0.956. The molecule has 4 heteroatoms. The zero-order valence-electron chi connectivity index (χ0n) is 9.07. The first kappa shape index (κ1) is 11.2. The quantitative estimate of drug-likeness (QED) is 0.870. The third-order valence-electron chi connectivity index (χ3n) is 2.20. The van der Waals surface area contributed by atoms with Crippen LogP contribution in [0.3, 0.4) is 0 Å². The maximum Gasteiger partial charge on any atom is 0.123 e. The molecule has 1 N–H and O–H groups in total. The van der Waals surface area contributed by atoms with Crippen LogP contribution in [0.25, 0.3) is 10.6 Å². The minimum absolute atomic E-state index is 0.280. The van der Waals surface area contributed by atoms with Crippen molar-refractivity contribution in [2.24, 2.45) is 0 Å². The van der Waals surface area contributed by atoms with Crippen LogP contribution >= 0.6 is 11.3 Å². The highest BCUT2D eigenvalue weighted by atomic mass is 32.1. The van der Waals surface area contributed by atoms with E-state index in [2.05, 4.69) is 4.98 Å². The molecule has 0 aliphatic carbocycles. The van der Waals surface area contributed by atoms with Gasteiger partial charge in [-0.25, -0.2) is 9.37 Å². The van der Waals surface area contributed by atoms with E-state index in [4.69, 9.17) is 0 Å². The van der Waals surface area contributed by atoms with E-state index in [0.717, 1.165) is 10.6 Å². The standard InChI is InChI=1S/C12H12FNOS/c1-12(2,15)10-7-16-11(14-10)8-4-3-5-9(13)6-8/h3-7,15H,1-2H3. The van der Waals surface area contributed by atoms with Crippen molar-refractivity contribution < 1.29 is 9.50 Å². The maximum atomic E-state index is 13.0. The van der Waals surface area contributed by atoms with Crippen LogP contribution in [0.15, 0.2) is 29.6 Å². The second-order valence-electron chi connectivity index (χ2n) is 4.11. The number of hydrogen-bond acceptors (Lipinski definition) is 3. The Kier molecular flexibility index (Phi) is 2.78. The van der Waals surface area contributed by atoms with Crippen LogP contribution in [0, 0.1) is 5.82 Å². The van der Waals surface area contributed by atoms with Gasteiger partial charge in [-0.2, -0.15) is 0 Å². The Hall–Kier alpha value is -1.26. The van der Waals surface area contributed by atoms with E-state index >= 15 is 0 Å². The van der Waals surface area contributed by atoms with Gasteiger partial charge in [0.25, 0.3) is 0 Å². The molecule has 0 fully saturated rings. The summed E-state index contributed by atoms with van der Waals surface area (Å²) in [6.45, 7) is 3.36. The topological polar surface area (TPSA) is 33.1 Å². The molecule has 84 valence electrons. The average Bonchev–Trinajstić information content (AvgIpc) is 2.65. The molecule has 1 heterocycles. The molecule has 0 unspecified atom stereocenters. The average molecular weight is 237 g/mol. The van der Waals surface area contributed by atoms with E-state index in [1.54, 1.807) is 31.4 Å². The number of thiazole rings is 1. The SMILES string of the molecule is CC(C)(O)c1csc(-c2cccc(F)c2)n1. The summed E-state index contributed by atoms with van der Waals surface area (Å²) in [7, 11) is 0. The molecule has 2 rings (SSSR count). The first-order chi connectivity index (χ1) is 7.47. The summed E-state index contributed by atoms with van der Waals surface area (Å²) < 4.78 is 13.0. The summed E-state index contributed by atoms with van der Waals surface area (Å²) in [5.74, 6) is -0.280. The Morgan fingerprint density at radius 1 is 1.38 bits per heavy atom. The highest BCUT2D eigenvalue weighted by Gasteiger charge is 2.19. The number of benzene rings is 1. The molecule has 0 aliphatic heterocycles. The van der Waals surface area contributed by atoms with E-state index in [0.29, 0.717) is 5.69 Å². The van der Waals surface area contributed by atoms with Crippen LogP contribution in [-0.2, 0) is 5.60 Å². The van der Waals surface area contributed by atoms with Crippen LogP contribution in [0.1, 0.15) is 19.5 Å². The third kappa shape index (κ3) is 2.28. The largest absolute Gasteiger partial charge is 0.384 e. The van der Waals surface area contributed by atoms with Gasteiger partial charge in [-0.3, -0.25) is 0 Å². The Morgan fingerprint density at radius 2 is 2.12 bits per heavy atom. The van der Waals surface area contributed by atoms with E-state index in [9.17, 15) is 9.50 Å². The molecule has 0 amide bonds. The summed E-state index contributed by atoms with van der Waals surface area (Å²) in [6, 6.07) is 6.28. The first-order valence-electron chi connectivity index (χ1n) is 4.91. The van der Waals surface area contributed by atoms with Crippen LogP contribution < -0.4 is 0 Å². The maximum absolute atomic E-state index is 13.0. The van der Waals surface area contributed by atoms with Crippen molar-refractivity contribution in [3.8, 4) is 10.6 Å². The molecule has 0 bridgehead atoms. The van der Waals surface area contributed by atoms with E-state index in [1.165, 1.54) is 23.5 Å². The molecule has 0 atom stereocenters. The lowest BCUT2D eigenvalue weighted by Gasteiger charge is -2.12. The number of halogens is 1. The summed E-state index contributed by atoms with van der Waals surface area (Å²) in [6.07, 6.45) is 0. The van der Waals surface area contributed by atoms with Gasteiger partial charge in [-0.15, -0.1) is 11.3 Å². The van der Waals surface area contributed by atoms with Crippen molar-refractivity contribution >= 4 is 11.3 Å². The summed E-state index contributed by atoms with van der Waals surface area (Å²) in [4.78, 5) is 4.29. The van der Waals surface area contributed by atoms with E-state index in [-0.39, 0.29) is 5.82 Å². The molecule has 2 nitrogen and oxygen atoms in total. The highest BCUT2D eigenvalue weighted by molar-refractivity contribution is 7.13. The number of aromatic nitrogens is 1. The lowest BCUT2D eigenvalue weighted by atomic mass is 10.1. The number of rotatable bonds is 2. The molecule has 0 saturated heterocycles. The van der Waals surface area contributed by atoms with Crippen LogP contribution in [0.4, 0.5) is 4.39 Å². The predicted molar refractivity (Wildman–Crippen MR) is 62.8 cm³/mol. The second kappa shape index (κ2) is 3.96. The molecular weight excluding hydrogens is 225 g/mol. The van der Waals surface area contributed by atoms with Gasteiger partial charge in [0.05, 0.1) is 5.69 Å². The Morgan fingerprint density at radius 3 is 2.69 bits per heavy atom. The van der Waals surface area contributed by atoms with Gasteiger partial charge in [-0.05, 0) is 26.0 Å². The van der Waals surface area contributed by atoms with Gasteiger partial charge < -0.3 is 5.11 Å². The van der Waals surface area contributed by atoms with Gasteiger partial charge in [0.2, 0.25) is 0 Å². The van der Waals surface area contributed by atoms with Gasteiger partial charge in [-0.1, -0.05) is 12.1 Å². The van der Waals surface area contributed by atoms with Crippen molar-refractivity contribution in [1.29, 1.82) is 0 Å². The molecule has 16 heavy (non-hydrogen) atoms. The van der Waals surface area contributed by atoms with Gasteiger partial charge in [0.1, 0.15) is 16.4 Å². The Bertz CT molecular complexity index is 502. The molecule has 1 aromatic heterocycles. The highest BCUT2D eigenvalue weighted by Crippen LogP contribution is 2.28. The van der Waals surface area contributed by atoms with Crippen molar-refractivity contribution in [1.82, 2.24) is 4.98 Å². The molecule has 2 aromatic rings. The fraction of sp³-hybridized carbons (Fsp3) is 0.250. The van der Waals surface area contributed by atoms with Crippen LogP contribution in [-0.4, -0.2) is 10.1 Å². The third-order valence-corrected chi connectivity index (χ3v) is 3.09. The van der Waals surface area contributed by atoms with E-state index in [1.807, 2.05) is 0 Å². The molecular formula is C12H12FNOS. The van der Waals surface area contributed by atoms with E-state index < -0.39 is 5.60 Å². The fourth-order valence-corrected chi connectivity index (χ4v) is 2.29. The van der Waals surface area contributed by atoms with Crippen molar-refractivity contribution in [3.63, 3.8) is 0 Å².